The lowest BCUT2D eigenvalue weighted by Crippen LogP contribution is -2.30. The highest BCUT2D eigenvalue weighted by molar-refractivity contribution is 5.95. The fraction of sp³-hybridized carbons (Fsp3) is 0.333. The number of carbonyl (C=O) groups is 2. The number of aliphatic carboxylic acids is 1. The molecule has 1 heterocycles. The molecule has 1 aromatic carbocycles. The van der Waals surface area contributed by atoms with Gasteiger partial charge in [-0.05, 0) is 32.0 Å². The molecule has 0 saturated carbocycles. The molecule has 1 aromatic heterocycles. The van der Waals surface area contributed by atoms with Crippen LogP contribution in [0.1, 0.15) is 39.9 Å². The number of furan rings is 1. The van der Waals surface area contributed by atoms with Crippen molar-refractivity contribution in [2.45, 2.75) is 26.3 Å². The first-order valence-electron chi connectivity index (χ1n) is 7.67. The van der Waals surface area contributed by atoms with Crippen molar-refractivity contribution in [2.75, 3.05) is 14.2 Å². The van der Waals surface area contributed by atoms with Crippen molar-refractivity contribution in [2.24, 2.45) is 0 Å². The third-order valence-corrected chi connectivity index (χ3v) is 3.79. The van der Waals surface area contributed by atoms with Gasteiger partial charge in [0.05, 0.1) is 32.2 Å². The van der Waals surface area contributed by atoms with Crippen molar-refractivity contribution in [1.29, 1.82) is 0 Å². The number of amides is 1. The summed E-state index contributed by atoms with van der Waals surface area (Å²) < 4.78 is 15.8. The second-order valence-corrected chi connectivity index (χ2v) is 5.56. The molecule has 1 amide bonds. The van der Waals surface area contributed by atoms with Crippen LogP contribution in [0.3, 0.4) is 0 Å². The van der Waals surface area contributed by atoms with Gasteiger partial charge in [-0.25, -0.2) is 0 Å². The van der Waals surface area contributed by atoms with Crippen molar-refractivity contribution in [3.63, 3.8) is 0 Å². The molecule has 134 valence electrons. The zero-order valence-corrected chi connectivity index (χ0v) is 14.6. The molecule has 7 nitrogen and oxygen atoms in total. The fourth-order valence-electron chi connectivity index (χ4n) is 2.61. The van der Waals surface area contributed by atoms with Crippen molar-refractivity contribution in [1.82, 2.24) is 5.32 Å². The molecule has 0 bridgehead atoms. The van der Waals surface area contributed by atoms with Gasteiger partial charge in [0.15, 0.2) is 0 Å². The van der Waals surface area contributed by atoms with Crippen LogP contribution in [-0.2, 0) is 4.79 Å². The maximum absolute atomic E-state index is 12.5. The highest BCUT2D eigenvalue weighted by atomic mass is 16.5. The highest BCUT2D eigenvalue weighted by Crippen LogP contribution is 2.31. The molecule has 25 heavy (non-hydrogen) atoms. The first-order valence-corrected chi connectivity index (χ1v) is 7.67. The number of nitrogens with one attached hydrogen (secondary N) is 1. The number of rotatable bonds is 7. The molecule has 0 radical (unpaired) electrons. The van der Waals surface area contributed by atoms with Gasteiger partial charge in [0.1, 0.15) is 23.0 Å². The normalized spacial score (nSPS) is 11.7. The molecule has 0 aliphatic heterocycles. The van der Waals surface area contributed by atoms with Crippen LogP contribution in [0.15, 0.2) is 28.7 Å². The number of aryl methyl sites for hydroxylation is 2. The fourth-order valence-corrected chi connectivity index (χ4v) is 2.61. The van der Waals surface area contributed by atoms with Gasteiger partial charge in [0, 0.05) is 11.6 Å². The van der Waals surface area contributed by atoms with Gasteiger partial charge in [0.2, 0.25) is 0 Å². The average molecular weight is 347 g/mol. The largest absolute Gasteiger partial charge is 0.497 e. The predicted octanol–water partition coefficient (Wildman–Crippen LogP) is 2.86. The van der Waals surface area contributed by atoms with Crippen molar-refractivity contribution < 1.29 is 28.6 Å². The number of benzene rings is 1. The molecule has 2 aromatic rings. The van der Waals surface area contributed by atoms with Crippen LogP contribution in [-0.4, -0.2) is 31.2 Å². The third-order valence-electron chi connectivity index (χ3n) is 3.79. The molecule has 1 atom stereocenters. The zero-order valence-electron chi connectivity index (χ0n) is 14.6. The summed E-state index contributed by atoms with van der Waals surface area (Å²) in [4.78, 5) is 23.8. The molecule has 7 heteroatoms. The topological polar surface area (TPSA) is 98.0 Å². The van der Waals surface area contributed by atoms with Crippen molar-refractivity contribution >= 4 is 11.9 Å². The summed E-state index contributed by atoms with van der Waals surface area (Å²) >= 11 is 0. The van der Waals surface area contributed by atoms with Gasteiger partial charge in [-0.2, -0.15) is 0 Å². The Hall–Kier alpha value is -2.96. The second-order valence-electron chi connectivity index (χ2n) is 5.56. The molecule has 2 rings (SSSR count). The lowest BCUT2D eigenvalue weighted by atomic mass is 10.0. The second kappa shape index (κ2) is 7.74. The Labute approximate surface area is 145 Å². The molecule has 0 aliphatic rings. The Morgan fingerprint density at radius 3 is 2.44 bits per heavy atom. The number of methoxy groups -OCH3 is 2. The van der Waals surface area contributed by atoms with Gasteiger partial charge in [-0.15, -0.1) is 0 Å². The molecule has 0 spiro atoms. The van der Waals surface area contributed by atoms with Crippen LogP contribution < -0.4 is 14.8 Å². The van der Waals surface area contributed by atoms with Crippen LogP contribution in [0.2, 0.25) is 0 Å². The molecule has 0 aliphatic carbocycles. The van der Waals surface area contributed by atoms with Crippen LogP contribution >= 0.6 is 0 Å². The number of hydrogen-bond donors (Lipinski definition) is 2. The molecule has 0 saturated heterocycles. The first-order chi connectivity index (χ1) is 11.8. The highest BCUT2D eigenvalue weighted by Gasteiger charge is 2.24. The van der Waals surface area contributed by atoms with Gasteiger partial charge in [0.25, 0.3) is 5.91 Å². The molecular weight excluding hydrogens is 326 g/mol. The van der Waals surface area contributed by atoms with Crippen LogP contribution in [0.4, 0.5) is 0 Å². The maximum Gasteiger partial charge on any atom is 0.305 e. The van der Waals surface area contributed by atoms with Crippen molar-refractivity contribution in [3.05, 3.63) is 46.9 Å². The summed E-state index contributed by atoms with van der Waals surface area (Å²) in [5.74, 6) is 0.653. The van der Waals surface area contributed by atoms with E-state index in [9.17, 15) is 14.7 Å². The number of carboxylic acid groups (broad SMARTS) is 1. The molecule has 0 fully saturated rings. The van der Waals surface area contributed by atoms with Gasteiger partial charge in [-0.3, -0.25) is 9.59 Å². The van der Waals surface area contributed by atoms with E-state index in [-0.39, 0.29) is 6.42 Å². The lowest BCUT2D eigenvalue weighted by Gasteiger charge is -2.20. The monoisotopic (exact) mass is 347 g/mol. The van der Waals surface area contributed by atoms with E-state index in [0.717, 1.165) is 0 Å². The quantitative estimate of drug-likeness (QED) is 0.799. The standard InChI is InChI=1S/C18H21NO6/c1-10-7-14(11(2)25-10)18(22)19-15(9-17(20)21)13-6-5-12(23-3)8-16(13)24-4/h5-8,15H,9H2,1-4H3,(H,19,22)(H,20,21). The number of carbonyl (C=O) groups excluding carboxylic acids is 1. The maximum atomic E-state index is 12.5. The Balaban J connectivity index is 2.35. The summed E-state index contributed by atoms with van der Waals surface area (Å²) in [7, 11) is 3.00. The number of hydrogen-bond acceptors (Lipinski definition) is 5. The minimum absolute atomic E-state index is 0.287. The van der Waals surface area contributed by atoms with E-state index >= 15 is 0 Å². The van der Waals surface area contributed by atoms with Crippen LogP contribution in [0.5, 0.6) is 11.5 Å². The summed E-state index contributed by atoms with van der Waals surface area (Å²) in [5.41, 5.74) is 0.928. The smallest absolute Gasteiger partial charge is 0.305 e. The van der Waals surface area contributed by atoms with Gasteiger partial charge >= 0.3 is 5.97 Å². The predicted molar refractivity (Wildman–Crippen MR) is 90.2 cm³/mol. The summed E-state index contributed by atoms with van der Waals surface area (Å²) in [6.07, 6.45) is -0.287. The first kappa shape index (κ1) is 18.4. The molecule has 1 unspecified atom stereocenters. The van der Waals surface area contributed by atoms with Crippen LogP contribution in [0.25, 0.3) is 0 Å². The minimum atomic E-state index is -1.04. The summed E-state index contributed by atoms with van der Waals surface area (Å²) in [6.45, 7) is 3.42. The number of carboxylic acids is 1. The van der Waals surface area contributed by atoms with E-state index < -0.39 is 17.9 Å². The van der Waals surface area contributed by atoms with E-state index in [2.05, 4.69) is 5.32 Å². The van der Waals surface area contributed by atoms with Crippen molar-refractivity contribution in [3.8, 4) is 11.5 Å². The Morgan fingerprint density at radius 2 is 1.92 bits per heavy atom. The Morgan fingerprint density at radius 1 is 1.20 bits per heavy atom. The summed E-state index contributed by atoms with van der Waals surface area (Å²) in [6, 6.07) is 5.86. The van der Waals surface area contributed by atoms with E-state index in [1.807, 2.05) is 0 Å². The number of ether oxygens (including phenoxy) is 2. The Kier molecular flexibility index (Phi) is 5.69. The summed E-state index contributed by atoms with van der Waals surface area (Å²) in [5, 5.41) is 12.0. The average Bonchev–Trinajstić information content (AvgIpc) is 2.91. The van der Waals surface area contributed by atoms with E-state index in [0.29, 0.717) is 34.1 Å². The van der Waals surface area contributed by atoms with Gasteiger partial charge in [-0.1, -0.05) is 0 Å². The molecular formula is C18H21NO6. The van der Waals surface area contributed by atoms with E-state index in [4.69, 9.17) is 13.9 Å². The van der Waals surface area contributed by atoms with E-state index in [1.54, 1.807) is 38.1 Å². The van der Waals surface area contributed by atoms with Crippen LogP contribution in [0, 0.1) is 13.8 Å². The Bertz CT molecular complexity index is 780. The lowest BCUT2D eigenvalue weighted by molar-refractivity contribution is -0.137. The van der Waals surface area contributed by atoms with Gasteiger partial charge < -0.3 is 24.3 Å². The third kappa shape index (κ3) is 4.32. The molecule has 2 N–H and O–H groups in total. The minimum Gasteiger partial charge on any atom is -0.497 e. The zero-order chi connectivity index (χ0) is 18.6. The van der Waals surface area contributed by atoms with E-state index in [1.165, 1.54) is 14.2 Å². The SMILES string of the molecule is COc1ccc(C(CC(=O)O)NC(=O)c2cc(C)oc2C)c(OC)c1.